The summed E-state index contributed by atoms with van der Waals surface area (Å²) < 4.78 is 18.4. The van der Waals surface area contributed by atoms with E-state index in [1.165, 1.54) is 4.90 Å². The Bertz CT molecular complexity index is 834. The Labute approximate surface area is 210 Å². The van der Waals surface area contributed by atoms with E-state index in [9.17, 15) is 14.7 Å². The van der Waals surface area contributed by atoms with Gasteiger partial charge in [-0.15, -0.1) is 0 Å². The monoisotopic (exact) mass is 492 g/mol. The van der Waals surface area contributed by atoms with Crippen LogP contribution in [0.15, 0.2) is 30.3 Å². The van der Waals surface area contributed by atoms with Gasteiger partial charge in [0.2, 0.25) is 5.91 Å². The number of hydrogen-bond acceptors (Lipinski definition) is 6. The highest BCUT2D eigenvalue weighted by Gasteiger charge is 2.53. The normalized spacial score (nSPS) is 21.0. The van der Waals surface area contributed by atoms with Crippen molar-refractivity contribution in [3.8, 4) is 0 Å². The van der Waals surface area contributed by atoms with Crippen LogP contribution in [0.1, 0.15) is 66.9 Å². The first-order valence-corrected chi connectivity index (χ1v) is 12.4. The number of rotatable bonds is 10. The van der Waals surface area contributed by atoms with Crippen LogP contribution in [0.3, 0.4) is 0 Å². The highest BCUT2D eigenvalue weighted by Crippen LogP contribution is 2.38. The largest absolute Gasteiger partial charge is 0.444 e. The molecule has 0 bridgehead atoms. The Hall–Kier alpha value is -2.16. The molecule has 2 amide bonds. The van der Waals surface area contributed by atoms with E-state index in [2.05, 4.69) is 5.32 Å². The van der Waals surface area contributed by atoms with Crippen molar-refractivity contribution in [2.45, 2.75) is 91.4 Å². The van der Waals surface area contributed by atoms with Crippen molar-refractivity contribution in [3.63, 3.8) is 0 Å². The fourth-order valence-electron chi connectivity index (χ4n) is 4.29. The molecule has 0 radical (unpaired) electrons. The van der Waals surface area contributed by atoms with Crippen LogP contribution >= 0.6 is 0 Å². The van der Waals surface area contributed by atoms with Gasteiger partial charge in [0, 0.05) is 19.6 Å². The summed E-state index contributed by atoms with van der Waals surface area (Å²) in [6.07, 6.45) is -0.377. The highest BCUT2D eigenvalue weighted by molar-refractivity contribution is 5.78. The average molecular weight is 493 g/mol. The van der Waals surface area contributed by atoms with Crippen molar-refractivity contribution >= 4 is 12.0 Å². The van der Waals surface area contributed by atoms with Gasteiger partial charge in [-0.3, -0.25) is 9.69 Å². The van der Waals surface area contributed by atoms with Gasteiger partial charge >= 0.3 is 6.09 Å². The van der Waals surface area contributed by atoms with E-state index < -0.39 is 29.8 Å². The van der Waals surface area contributed by atoms with Gasteiger partial charge < -0.3 is 24.6 Å². The van der Waals surface area contributed by atoms with Crippen LogP contribution in [0.25, 0.3) is 0 Å². The molecule has 3 atom stereocenters. The summed E-state index contributed by atoms with van der Waals surface area (Å²) >= 11 is 0. The predicted molar refractivity (Wildman–Crippen MR) is 135 cm³/mol. The standard InChI is InChI=1S/C27H44N2O6/c1-25(2,3)35-24(32)29-23(33-18-26(4,5)14-15-30)21(34-27(29,6)7)17-20(22(31)28-8)16-19-12-10-9-11-13-19/h9-13,20-21,23,30H,14-18H2,1-8H3,(H,28,31)/t20-,21+,23+/m1/s1. The minimum atomic E-state index is -1.00. The topological polar surface area (TPSA) is 97.3 Å². The number of carbonyl (C=O) groups is 2. The highest BCUT2D eigenvalue weighted by atomic mass is 16.6. The van der Waals surface area contributed by atoms with Gasteiger partial charge in [0.25, 0.3) is 0 Å². The van der Waals surface area contributed by atoms with Crippen LogP contribution in [0.4, 0.5) is 4.79 Å². The van der Waals surface area contributed by atoms with Crippen LogP contribution in [0, 0.1) is 11.3 Å². The minimum absolute atomic E-state index is 0.0397. The molecule has 1 aliphatic heterocycles. The van der Waals surface area contributed by atoms with E-state index in [4.69, 9.17) is 14.2 Å². The zero-order valence-electron chi connectivity index (χ0n) is 22.6. The van der Waals surface area contributed by atoms with Crippen LogP contribution in [0.2, 0.25) is 0 Å². The zero-order chi connectivity index (χ0) is 26.4. The molecule has 1 aliphatic rings. The first-order valence-electron chi connectivity index (χ1n) is 12.4. The lowest BCUT2D eigenvalue weighted by atomic mass is 9.90. The Balaban J connectivity index is 2.35. The summed E-state index contributed by atoms with van der Waals surface area (Å²) in [6, 6.07) is 9.83. The van der Waals surface area contributed by atoms with Gasteiger partial charge in [-0.1, -0.05) is 44.2 Å². The third kappa shape index (κ3) is 8.47. The van der Waals surface area contributed by atoms with E-state index in [1.54, 1.807) is 20.9 Å². The molecule has 0 saturated carbocycles. The lowest BCUT2D eigenvalue weighted by Crippen LogP contribution is -2.52. The van der Waals surface area contributed by atoms with Crippen molar-refractivity contribution in [1.29, 1.82) is 0 Å². The zero-order valence-corrected chi connectivity index (χ0v) is 22.6. The summed E-state index contributed by atoms with van der Waals surface area (Å²) in [4.78, 5) is 27.6. The van der Waals surface area contributed by atoms with Crippen molar-refractivity contribution in [2.75, 3.05) is 20.3 Å². The van der Waals surface area contributed by atoms with Crippen LogP contribution in [0.5, 0.6) is 0 Å². The molecule has 0 aliphatic carbocycles. The molecule has 1 saturated heterocycles. The molecule has 2 N–H and O–H groups in total. The van der Waals surface area contributed by atoms with Crippen molar-refractivity contribution in [3.05, 3.63) is 35.9 Å². The molecule has 198 valence electrons. The van der Waals surface area contributed by atoms with E-state index in [0.29, 0.717) is 25.9 Å². The lowest BCUT2D eigenvalue weighted by Gasteiger charge is -2.36. The first kappa shape index (κ1) is 29.1. The third-order valence-electron chi connectivity index (χ3n) is 6.08. The maximum atomic E-state index is 13.3. The molecule has 0 unspecified atom stereocenters. The summed E-state index contributed by atoms with van der Waals surface area (Å²) in [5.41, 5.74) is -0.956. The average Bonchev–Trinajstić information content (AvgIpc) is 3.00. The molecule has 8 nitrogen and oxygen atoms in total. The van der Waals surface area contributed by atoms with E-state index >= 15 is 0 Å². The molecule has 35 heavy (non-hydrogen) atoms. The fraction of sp³-hybridized carbons (Fsp3) is 0.704. The minimum Gasteiger partial charge on any atom is -0.444 e. The Kier molecular flexibility index (Phi) is 9.73. The maximum absolute atomic E-state index is 13.3. The number of benzene rings is 1. The van der Waals surface area contributed by atoms with Gasteiger partial charge in [-0.2, -0.15) is 0 Å². The van der Waals surface area contributed by atoms with Gasteiger partial charge in [0.05, 0.1) is 6.61 Å². The molecule has 0 aromatic heterocycles. The summed E-state index contributed by atoms with van der Waals surface area (Å²) in [7, 11) is 1.62. The summed E-state index contributed by atoms with van der Waals surface area (Å²) in [5.74, 6) is -0.469. The van der Waals surface area contributed by atoms with Crippen LogP contribution < -0.4 is 5.32 Å². The molecule has 8 heteroatoms. The Morgan fingerprint density at radius 1 is 1.17 bits per heavy atom. The second kappa shape index (κ2) is 11.7. The van der Waals surface area contributed by atoms with Gasteiger partial charge in [0.1, 0.15) is 17.4 Å². The van der Waals surface area contributed by atoms with Crippen molar-refractivity contribution in [2.24, 2.45) is 11.3 Å². The maximum Gasteiger partial charge on any atom is 0.414 e. The summed E-state index contributed by atoms with van der Waals surface area (Å²) in [5, 5.41) is 12.2. The van der Waals surface area contributed by atoms with Gasteiger partial charge in [0.15, 0.2) is 6.23 Å². The second-order valence-corrected chi connectivity index (χ2v) is 11.5. The Morgan fingerprint density at radius 3 is 2.34 bits per heavy atom. The van der Waals surface area contributed by atoms with Crippen molar-refractivity contribution < 1.29 is 28.9 Å². The van der Waals surface area contributed by atoms with Gasteiger partial charge in [-0.25, -0.2) is 4.79 Å². The predicted octanol–water partition coefficient (Wildman–Crippen LogP) is 4.10. The molecule has 2 rings (SSSR count). The molecule has 1 fully saturated rings. The second-order valence-electron chi connectivity index (χ2n) is 11.5. The number of aliphatic hydroxyl groups is 1. The van der Waals surface area contributed by atoms with Crippen LogP contribution in [-0.2, 0) is 25.4 Å². The lowest BCUT2D eigenvalue weighted by molar-refractivity contribution is -0.127. The van der Waals surface area contributed by atoms with E-state index in [1.807, 2.05) is 65.0 Å². The summed E-state index contributed by atoms with van der Waals surface area (Å²) in [6.45, 7) is 13.4. The van der Waals surface area contributed by atoms with Crippen LogP contribution in [-0.4, -0.2) is 65.9 Å². The smallest absolute Gasteiger partial charge is 0.414 e. The Morgan fingerprint density at radius 2 is 1.80 bits per heavy atom. The van der Waals surface area contributed by atoms with E-state index in [0.717, 1.165) is 5.56 Å². The number of amides is 2. The number of ether oxygens (including phenoxy) is 3. The molecule has 1 heterocycles. The van der Waals surface area contributed by atoms with Gasteiger partial charge in [-0.05, 0) is 64.9 Å². The number of nitrogens with one attached hydrogen (secondary N) is 1. The number of nitrogens with zero attached hydrogens (tertiary/aromatic N) is 1. The first-order chi connectivity index (χ1) is 16.2. The quantitative estimate of drug-likeness (QED) is 0.510. The van der Waals surface area contributed by atoms with E-state index in [-0.39, 0.29) is 23.8 Å². The molecular weight excluding hydrogens is 448 g/mol. The SMILES string of the molecule is CNC(=O)[C@H](Cc1ccccc1)C[C@@H]1OC(C)(C)N(C(=O)OC(C)(C)C)[C@H]1OCC(C)(C)CCO. The fourth-order valence-corrected chi connectivity index (χ4v) is 4.29. The number of hydrogen-bond donors (Lipinski definition) is 2. The van der Waals surface area contributed by atoms with Crippen molar-refractivity contribution in [1.82, 2.24) is 10.2 Å². The molecule has 0 spiro atoms. The number of aliphatic hydroxyl groups excluding tert-OH is 1. The number of carbonyl (C=O) groups excluding carboxylic acids is 2. The molecule has 1 aromatic rings. The third-order valence-corrected chi connectivity index (χ3v) is 6.08. The molecular formula is C27H44N2O6. The molecule has 1 aromatic carbocycles.